The standard InChI is InChI=1S/C15H24O/c1-8(7-16)9-4-5-14(2)10-6-11-13(12(9)10)15(11,14)3/h8-13,16H,4-7H2,1-3H3. The summed E-state index contributed by atoms with van der Waals surface area (Å²) in [6.45, 7) is 7.83. The van der Waals surface area contributed by atoms with E-state index in [0.29, 0.717) is 23.4 Å². The average Bonchev–Trinajstić information content (AvgIpc) is 2.58. The highest BCUT2D eigenvalue weighted by Crippen LogP contribution is 2.91. The monoisotopic (exact) mass is 220 g/mol. The van der Waals surface area contributed by atoms with E-state index >= 15 is 0 Å². The molecule has 6 bridgehead atoms. The van der Waals surface area contributed by atoms with Crippen LogP contribution in [0.15, 0.2) is 0 Å². The zero-order chi connectivity index (χ0) is 11.3. The summed E-state index contributed by atoms with van der Waals surface area (Å²) in [6, 6.07) is 0. The minimum absolute atomic E-state index is 0.401. The van der Waals surface area contributed by atoms with Crippen LogP contribution in [-0.2, 0) is 0 Å². The lowest BCUT2D eigenvalue weighted by atomic mass is 9.61. The van der Waals surface area contributed by atoms with Crippen LogP contribution in [0.2, 0.25) is 0 Å². The molecule has 0 radical (unpaired) electrons. The van der Waals surface area contributed by atoms with E-state index in [1.807, 2.05) is 0 Å². The summed E-state index contributed by atoms with van der Waals surface area (Å²) in [5, 5.41) is 9.44. The quantitative estimate of drug-likeness (QED) is 0.758. The van der Waals surface area contributed by atoms with Gasteiger partial charge >= 0.3 is 0 Å². The zero-order valence-electron chi connectivity index (χ0n) is 10.7. The number of aliphatic hydroxyl groups excluding tert-OH is 1. The van der Waals surface area contributed by atoms with Gasteiger partial charge in [-0.2, -0.15) is 0 Å². The Kier molecular flexibility index (Phi) is 1.57. The molecule has 1 heteroatoms. The van der Waals surface area contributed by atoms with E-state index in [9.17, 15) is 5.11 Å². The van der Waals surface area contributed by atoms with E-state index in [0.717, 1.165) is 29.6 Å². The van der Waals surface area contributed by atoms with Crippen molar-refractivity contribution in [3.8, 4) is 0 Å². The van der Waals surface area contributed by atoms with E-state index in [1.165, 1.54) is 19.3 Å². The summed E-state index contributed by atoms with van der Waals surface area (Å²) in [5.74, 6) is 5.49. The molecule has 1 nitrogen and oxygen atoms in total. The van der Waals surface area contributed by atoms with Gasteiger partial charge in [0.25, 0.3) is 0 Å². The van der Waals surface area contributed by atoms with Gasteiger partial charge in [-0.25, -0.2) is 0 Å². The van der Waals surface area contributed by atoms with Crippen molar-refractivity contribution in [2.24, 2.45) is 46.3 Å². The van der Waals surface area contributed by atoms with Crippen LogP contribution in [0.1, 0.15) is 40.0 Å². The Morgan fingerprint density at radius 1 is 1.31 bits per heavy atom. The van der Waals surface area contributed by atoms with Gasteiger partial charge in [-0.1, -0.05) is 20.8 Å². The molecule has 8 atom stereocenters. The van der Waals surface area contributed by atoms with Crippen LogP contribution in [0.3, 0.4) is 0 Å². The summed E-state index contributed by atoms with van der Waals surface area (Å²) in [4.78, 5) is 0. The molecule has 0 saturated heterocycles. The van der Waals surface area contributed by atoms with Gasteiger partial charge in [0.2, 0.25) is 0 Å². The highest BCUT2D eigenvalue weighted by atomic mass is 16.3. The Labute approximate surface area is 98.6 Å². The molecule has 0 heterocycles. The molecule has 5 rings (SSSR count). The first-order valence-corrected chi connectivity index (χ1v) is 7.16. The Morgan fingerprint density at radius 3 is 2.69 bits per heavy atom. The van der Waals surface area contributed by atoms with Crippen molar-refractivity contribution in [3.05, 3.63) is 0 Å². The van der Waals surface area contributed by atoms with Crippen LogP contribution >= 0.6 is 0 Å². The maximum absolute atomic E-state index is 9.44. The van der Waals surface area contributed by atoms with Gasteiger partial charge in [0, 0.05) is 6.61 Å². The molecule has 0 aromatic carbocycles. The van der Waals surface area contributed by atoms with Crippen LogP contribution in [0, 0.1) is 46.3 Å². The Hall–Kier alpha value is -0.0400. The Bertz CT molecular complexity index is 351. The highest BCUT2D eigenvalue weighted by molar-refractivity contribution is 5.33. The molecular formula is C15H24O. The molecular weight excluding hydrogens is 196 g/mol. The Morgan fingerprint density at radius 2 is 2.06 bits per heavy atom. The lowest BCUT2D eigenvalue weighted by Gasteiger charge is -2.44. The predicted octanol–water partition coefficient (Wildman–Crippen LogP) is 2.93. The summed E-state index contributed by atoms with van der Waals surface area (Å²) in [6.07, 6.45) is 4.35. The summed E-state index contributed by atoms with van der Waals surface area (Å²) in [7, 11) is 0. The summed E-state index contributed by atoms with van der Waals surface area (Å²) in [5.41, 5.74) is 1.39. The second-order valence-electron chi connectivity index (χ2n) is 7.61. The van der Waals surface area contributed by atoms with Crippen molar-refractivity contribution >= 4 is 0 Å². The molecule has 0 spiro atoms. The van der Waals surface area contributed by atoms with Crippen LogP contribution in [0.4, 0.5) is 0 Å². The molecule has 5 saturated carbocycles. The van der Waals surface area contributed by atoms with E-state index < -0.39 is 0 Å². The van der Waals surface area contributed by atoms with Crippen molar-refractivity contribution in [3.63, 3.8) is 0 Å². The van der Waals surface area contributed by atoms with Crippen molar-refractivity contribution in [1.29, 1.82) is 0 Å². The summed E-state index contributed by atoms with van der Waals surface area (Å²) >= 11 is 0. The van der Waals surface area contributed by atoms with Gasteiger partial charge in [0.1, 0.15) is 0 Å². The molecule has 0 aromatic heterocycles. The molecule has 90 valence electrons. The molecule has 8 unspecified atom stereocenters. The highest BCUT2D eigenvalue weighted by Gasteiger charge is 2.86. The minimum atomic E-state index is 0.401. The molecule has 0 aliphatic heterocycles. The lowest BCUT2D eigenvalue weighted by Crippen LogP contribution is -2.38. The normalized spacial score (nSPS) is 67.1. The lowest BCUT2D eigenvalue weighted by molar-refractivity contribution is 0.0302. The number of rotatable bonds is 2. The van der Waals surface area contributed by atoms with Crippen LogP contribution in [0.5, 0.6) is 0 Å². The maximum atomic E-state index is 9.44. The molecule has 5 fully saturated rings. The second-order valence-corrected chi connectivity index (χ2v) is 7.61. The van der Waals surface area contributed by atoms with Gasteiger partial charge in [0.05, 0.1) is 0 Å². The fourth-order valence-electron chi connectivity index (χ4n) is 6.74. The molecule has 16 heavy (non-hydrogen) atoms. The third-order valence-corrected chi connectivity index (χ3v) is 7.73. The first-order chi connectivity index (χ1) is 7.55. The SMILES string of the molecule is CC(CO)C1CCC2(C)C3CC4C(C13)C42C. The third-order valence-electron chi connectivity index (χ3n) is 7.73. The molecule has 0 amide bonds. The van der Waals surface area contributed by atoms with Crippen LogP contribution < -0.4 is 0 Å². The fourth-order valence-corrected chi connectivity index (χ4v) is 6.74. The fraction of sp³-hybridized carbons (Fsp3) is 1.00. The van der Waals surface area contributed by atoms with Gasteiger partial charge in [-0.05, 0) is 65.6 Å². The van der Waals surface area contributed by atoms with Crippen molar-refractivity contribution in [2.75, 3.05) is 6.61 Å². The van der Waals surface area contributed by atoms with E-state index in [2.05, 4.69) is 20.8 Å². The zero-order valence-corrected chi connectivity index (χ0v) is 10.7. The topological polar surface area (TPSA) is 20.2 Å². The second kappa shape index (κ2) is 2.53. The molecule has 0 aromatic rings. The number of hydrogen-bond donors (Lipinski definition) is 1. The van der Waals surface area contributed by atoms with Crippen LogP contribution in [0.25, 0.3) is 0 Å². The smallest absolute Gasteiger partial charge is 0.0459 e. The first-order valence-electron chi connectivity index (χ1n) is 7.16. The predicted molar refractivity (Wildman–Crippen MR) is 63.8 cm³/mol. The minimum Gasteiger partial charge on any atom is -0.396 e. The Balaban J connectivity index is 1.73. The molecule has 5 aliphatic rings. The number of hydrogen-bond acceptors (Lipinski definition) is 1. The largest absolute Gasteiger partial charge is 0.396 e. The van der Waals surface area contributed by atoms with Crippen molar-refractivity contribution in [1.82, 2.24) is 0 Å². The molecule has 5 aliphatic carbocycles. The van der Waals surface area contributed by atoms with Gasteiger partial charge in [-0.15, -0.1) is 0 Å². The van der Waals surface area contributed by atoms with Crippen molar-refractivity contribution < 1.29 is 5.11 Å². The van der Waals surface area contributed by atoms with E-state index in [1.54, 1.807) is 0 Å². The van der Waals surface area contributed by atoms with Crippen molar-refractivity contribution in [2.45, 2.75) is 40.0 Å². The summed E-state index contributed by atoms with van der Waals surface area (Å²) < 4.78 is 0. The van der Waals surface area contributed by atoms with E-state index in [-0.39, 0.29) is 0 Å². The third kappa shape index (κ3) is 0.723. The van der Waals surface area contributed by atoms with Gasteiger partial charge < -0.3 is 5.11 Å². The maximum Gasteiger partial charge on any atom is 0.0459 e. The molecule has 1 N–H and O–H groups in total. The van der Waals surface area contributed by atoms with Gasteiger partial charge in [-0.3, -0.25) is 0 Å². The number of aliphatic hydroxyl groups is 1. The average molecular weight is 220 g/mol. The van der Waals surface area contributed by atoms with Crippen LogP contribution in [-0.4, -0.2) is 11.7 Å². The van der Waals surface area contributed by atoms with E-state index in [4.69, 9.17) is 0 Å². The van der Waals surface area contributed by atoms with Gasteiger partial charge in [0.15, 0.2) is 0 Å². The first kappa shape index (κ1) is 9.94.